The number of rotatable bonds is 1. The van der Waals surface area contributed by atoms with Gasteiger partial charge in [-0.05, 0) is 23.9 Å². The fraction of sp³-hybridized carbons (Fsp3) is 0.400. The molecule has 1 N–H and O–H groups in total. The summed E-state index contributed by atoms with van der Waals surface area (Å²) in [5.74, 6) is -0.308. The quantitative estimate of drug-likeness (QED) is 0.731. The number of thiophene rings is 1. The van der Waals surface area contributed by atoms with Gasteiger partial charge >= 0.3 is 6.03 Å². The number of carbonyl (C=O) groups is 2. The Kier molecular flexibility index (Phi) is 2.02. The highest BCUT2D eigenvalue weighted by atomic mass is 32.1. The van der Waals surface area contributed by atoms with Crippen LogP contribution >= 0.6 is 11.3 Å². The Morgan fingerprint density at radius 1 is 1.44 bits per heavy atom. The highest BCUT2D eigenvalue weighted by molar-refractivity contribution is 7.14. The van der Waals surface area contributed by atoms with Crippen LogP contribution in [0.15, 0.2) is 17.5 Å². The molecule has 0 radical (unpaired) electrons. The van der Waals surface area contributed by atoms with Crippen LogP contribution in [0, 0.1) is 0 Å². The number of aliphatic hydroxyl groups excluding tert-OH is 1. The molecule has 0 spiro atoms. The van der Waals surface area contributed by atoms with Crippen LogP contribution in [0.3, 0.4) is 0 Å². The van der Waals surface area contributed by atoms with Gasteiger partial charge in [-0.1, -0.05) is 0 Å². The van der Waals surface area contributed by atoms with Crippen molar-refractivity contribution in [2.75, 3.05) is 11.4 Å². The smallest absolute Gasteiger partial charge is 0.332 e. The van der Waals surface area contributed by atoms with Gasteiger partial charge in [-0.15, -0.1) is 11.3 Å². The summed E-state index contributed by atoms with van der Waals surface area (Å²) in [4.78, 5) is 26.6. The van der Waals surface area contributed by atoms with E-state index in [4.69, 9.17) is 0 Å². The predicted molar refractivity (Wildman–Crippen MR) is 58.3 cm³/mol. The number of amides is 3. The number of hydrogen-bond acceptors (Lipinski definition) is 4. The van der Waals surface area contributed by atoms with Crippen LogP contribution in [0.1, 0.15) is 6.42 Å². The predicted octanol–water partition coefficient (Wildman–Crippen LogP) is 0.650. The molecule has 2 aliphatic rings. The number of urea groups is 1. The summed E-state index contributed by atoms with van der Waals surface area (Å²) in [5.41, 5.74) is 0. The minimum Gasteiger partial charge on any atom is -0.390 e. The summed E-state index contributed by atoms with van der Waals surface area (Å²) >= 11 is 1.34. The van der Waals surface area contributed by atoms with Crippen molar-refractivity contribution in [1.82, 2.24) is 4.90 Å². The first-order valence-electron chi connectivity index (χ1n) is 5.06. The molecule has 3 rings (SSSR count). The molecule has 3 amide bonds. The Morgan fingerprint density at radius 2 is 2.25 bits per heavy atom. The molecule has 1 aromatic heterocycles. The van der Waals surface area contributed by atoms with Crippen LogP contribution < -0.4 is 4.90 Å². The average molecular weight is 238 g/mol. The van der Waals surface area contributed by atoms with Crippen molar-refractivity contribution in [3.8, 4) is 0 Å². The van der Waals surface area contributed by atoms with Crippen molar-refractivity contribution in [3.63, 3.8) is 0 Å². The maximum atomic E-state index is 12.0. The fourth-order valence-electron chi connectivity index (χ4n) is 2.24. The number of imide groups is 1. The lowest BCUT2D eigenvalue weighted by Gasteiger charge is -2.12. The zero-order chi connectivity index (χ0) is 11.3. The molecule has 0 bridgehead atoms. The van der Waals surface area contributed by atoms with E-state index in [0.29, 0.717) is 18.0 Å². The van der Waals surface area contributed by atoms with Crippen molar-refractivity contribution < 1.29 is 14.7 Å². The van der Waals surface area contributed by atoms with E-state index in [1.165, 1.54) is 16.2 Å². The van der Waals surface area contributed by atoms with E-state index in [2.05, 4.69) is 0 Å². The standard InChI is InChI=1S/C10H10N2O3S/c13-6-3-4-11-8(6)9(14)12(10(11)15)7-2-1-5-16-7/h1-2,5-6,8,13H,3-4H2/t6-,8-/m0/s1. The lowest BCUT2D eigenvalue weighted by atomic mass is 10.1. The van der Waals surface area contributed by atoms with Gasteiger partial charge in [0.25, 0.3) is 5.91 Å². The molecule has 0 aromatic carbocycles. The molecule has 5 nitrogen and oxygen atoms in total. The first kappa shape index (κ1) is 9.80. The first-order chi connectivity index (χ1) is 7.70. The molecular weight excluding hydrogens is 228 g/mol. The largest absolute Gasteiger partial charge is 0.390 e. The van der Waals surface area contributed by atoms with Crippen molar-refractivity contribution in [2.24, 2.45) is 0 Å². The molecule has 1 aromatic rings. The molecule has 2 saturated heterocycles. The summed E-state index contributed by atoms with van der Waals surface area (Å²) in [6.07, 6.45) is -0.234. The maximum absolute atomic E-state index is 12.0. The SMILES string of the molecule is O=C1[C@@H]2[C@@H](O)CCN2C(=O)N1c1cccs1. The van der Waals surface area contributed by atoms with Crippen LogP contribution in [0.25, 0.3) is 0 Å². The summed E-state index contributed by atoms with van der Waals surface area (Å²) in [6.45, 7) is 0.457. The Labute approximate surface area is 95.9 Å². The molecule has 0 unspecified atom stereocenters. The Balaban J connectivity index is 1.99. The summed E-state index contributed by atoms with van der Waals surface area (Å²) in [5, 5.41) is 12.1. The molecule has 16 heavy (non-hydrogen) atoms. The molecule has 3 heterocycles. The van der Waals surface area contributed by atoms with E-state index in [9.17, 15) is 14.7 Å². The lowest BCUT2D eigenvalue weighted by Crippen LogP contribution is -2.36. The lowest BCUT2D eigenvalue weighted by molar-refractivity contribution is -0.121. The number of carbonyl (C=O) groups excluding carboxylic acids is 2. The summed E-state index contributed by atoms with van der Waals surface area (Å²) < 4.78 is 0. The molecular formula is C10H10N2O3S. The third-order valence-electron chi connectivity index (χ3n) is 3.00. The van der Waals surface area contributed by atoms with Gasteiger partial charge in [0.15, 0.2) is 0 Å². The Morgan fingerprint density at radius 3 is 2.88 bits per heavy atom. The van der Waals surface area contributed by atoms with E-state index in [-0.39, 0.29) is 11.9 Å². The summed E-state index contributed by atoms with van der Waals surface area (Å²) in [6, 6.07) is 2.54. The zero-order valence-electron chi connectivity index (χ0n) is 8.37. The average Bonchev–Trinajstić information content (AvgIpc) is 2.90. The van der Waals surface area contributed by atoms with Crippen LogP contribution in [-0.2, 0) is 4.79 Å². The third kappa shape index (κ3) is 1.14. The summed E-state index contributed by atoms with van der Waals surface area (Å²) in [7, 11) is 0. The second kappa shape index (κ2) is 3.29. The van der Waals surface area contributed by atoms with Gasteiger partial charge in [-0.25, -0.2) is 9.69 Å². The number of fused-ring (bicyclic) bond motifs is 1. The number of hydrogen-bond donors (Lipinski definition) is 1. The molecule has 2 aliphatic heterocycles. The van der Waals surface area contributed by atoms with E-state index < -0.39 is 12.1 Å². The molecule has 0 aliphatic carbocycles. The molecule has 2 atom stereocenters. The van der Waals surface area contributed by atoms with E-state index in [1.54, 1.807) is 12.1 Å². The van der Waals surface area contributed by atoms with Gasteiger partial charge in [0.05, 0.1) is 6.10 Å². The normalized spacial score (nSPS) is 29.1. The third-order valence-corrected chi connectivity index (χ3v) is 3.86. The van der Waals surface area contributed by atoms with Gasteiger partial charge in [0.2, 0.25) is 0 Å². The van der Waals surface area contributed by atoms with Gasteiger partial charge in [-0.3, -0.25) is 4.79 Å². The Bertz CT molecular complexity index is 445. The highest BCUT2D eigenvalue weighted by Crippen LogP contribution is 2.33. The molecule has 0 saturated carbocycles. The van der Waals surface area contributed by atoms with Crippen molar-refractivity contribution in [2.45, 2.75) is 18.6 Å². The number of nitrogens with zero attached hydrogens (tertiary/aromatic N) is 2. The van der Waals surface area contributed by atoms with Crippen molar-refractivity contribution >= 4 is 28.3 Å². The number of anilines is 1. The van der Waals surface area contributed by atoms with E-state index in [0.717, 1.165) is 4.90 Å². The van der Waals surface area contributed by atoms with Crippen LogP contribution in [0.4, 0.5) is 9.80 Å². The van der Waals surface area contributed by atoms with Gasteiger partial charge in [-0.2, -0.15) is 0 Å². The zero-order valence-corrected chi connectivity index (χ0v) is 9.18. The van der Waals surface area contributed by atoms with Crippen molar-refractivity contribution in [1.29, 1.82) is 0 Å². The minimum absolute atomic E-state index is 0.308. The second-order valence-corrected chi connectivity index (χ2v) is 4.83. The second-order valence-electron chi connectivity index (χ2n) is 3.90. The highest BCUT2D eigenvalue weighted by Gasteiger charge is 2.52. The van der Waals surface area contributed by atoms with Crippen molar-refractivity contribution in [3.05, 3.63) is 17.5 Å². The van der Waals surface area contributed by atoms with Crippen LogP contribution in [0.2, 0.25) is 0 Å². The van der Waals surface area contributed by atoms with E-state index in [1.807, 2.05) is 5.38 Å². The molecule has 84 valence electrons. The Hall–Kier alpha value is -1.40. The first-order valence-corrected chi connectivity index (χ1v) is 5.94. The number of aliphatic hydroxyl groups is 1. The van der Waals surface area contributed by atoms with E-state index >= 15 is 0 Å². The van der Waals surface area contributed by atoms with Gasteiger partial charge in [0.1, 0.15) is 11.0 Å². The molecule has 2 fully saturated rings. The van der Waals surface area contributed by atoms with Crippen LogP contribution in [0.5, 0.6) is 0 Å². The van der Waals surface area contributed by atoms with Gasteiger partial charge in [0, 0.05) is 6.54 Å². The topological polar surface area (TPSA) is 60.9 Å². The minimum atomic E-state index is -0.721. The maximum Gasteiger partial charge on any atom is 0.332 e. The van der Waals surface area contributed by atoms with Crippen LogP contribution in [-0.4, -0.2) is 40.6 Å². The fourth-order valence-corrected chi connectivity index (χ4v) is 2.97. The van der Waals surface area contributed by atoms with Gasteiger partial charge < -0.3 is 10.0 Å². The monoisotopic (exact) mass is 238 g/mol. The molecule has 6 heteroatoms.